The first-order chi connectivity index (χ1) is 10.7. The Morgan fingerprint density at radius 2 is 2.00 bits per heavy atom. The highest BCUT2D eigenvalue weighted by molar-refractivity contribution is 5.91. The normalized spacial score (nSPS) is 20.7. The minimum atomic E-state index is -4.86. The fraction of sp³-hybridized carbons (Fsp3) is 0.438. The number of amides is 1. The highest BCUT2D eigenvalue weighted by Crippen LogP contribution is 2.48. The van der Waals surface area contributed by atoms with Gasteiger partial charge in [0, 0.05) is 19.0 Å². The summed E-state index contributed by atoms with van der Waals surface area (Å²) in [7, 11) is 1.42. The number of benzene rings is 1. The quantitative estimate of drug-likeness (QED) is 0.845. The molecule has 0 saturated heterocycles. The van der Waals surface area contributed by atoms with Crippen LogP contribution in [0.2, 0.25) is 0 Å². The second-order valence-electron chi connectivity index (χ2n) is 5.52. The maximum absolute atomic E-state index is 13.8. The molecule has 1 aromatic carbocycles. The van der Waals surface area contributed by atoms with E-state index in [0.717, 1.165) is 5.01 Å². The lowest BCUT2D eigenvalue weighted by Crippen LogP contribution is -2.55. The second-order valence-corrected chi connectivity index (χ2v) is 5.52. The number of rotatable bonds is 2. The van der Waals surface area contributed by atoms with Crippen molar-refractivity contribution in [1.29, 1.82) is 0 Å². The third-order valence-electron chi connectivity index (χ3n) is 3.34. The van der Waals surface area contributed by atoms with Crippen LogP contribution in [-0.2, 0) is 10.3 Å². The maximum atomic E-state index is 13.8. The van der Waals surface area contributed by atoms with Gasteiger partial charge in [-0.25, -0.2) is 15.2 Å². The Hall–Kier alpha value is -2.20. The highest BCUT2D eigenvalue weighted by atomic mass is 19.4. The van der Waals surface area contributed by atoms with Crippen LogP contribution in [0, 0.1) is 17.8 Å². The molecule has 0 fully saturated rings. The van der Waals surface area contributed by atoms with Crippen LogP contribution in [0.3, 0.4) is 0 Å². The molecule has 1 unspecified atom stereocenters. The average molecular weight is 326 g/mol. The number of hydrogen-bond acceptors (Lipinski definition) is 3. The third kappa shape index (κ3) is 2.99. The number of alkyl halides is 3. The van der Waals surface area contributed by atoms with Gasteiger partial charge in [0.05, 0.1) is 5.69 Å². The smallest absolute Gasteiger partial charge is 0.414 e. The van der Waals surface area contributed by atoms with E-state index in [9.17, 15) is 18.0 Å². The van der Waals surface area contributed by atoms with Gasteiger partial charge in [0.25, 0.3) is 5.60 Å². The minimum absolute atomic E-state index is 0.0717. The summed E-state index contributed by atoms with van der Waals surface area (Å²) >= 11 is 0. The van der Waals surface area contributed by atoms with Gasteiger partial charge >= 0.3 is 12.3 Å². The summed E-state index contributed by atoms with van der Waals surface area (Å²) in [5.41, 5.74) is -0.578. The summed E-state index contributed by atoms with van der Waals surface area (Å²) in [6.07, 6.45) is -5.74. The summed E-state index contributed by atoms with van der Waals surface area (Å²) in [6.45, 7) is 3.69. The Labute approximate surface area is 132 Å². The third-order valence-corrected chi connectivity index (χ3v) is 3.34. The maximum Gasteiger partial charge on any atom is 0.445 e. The van der Waals surface area contributed by atoms with E-state index >= 15 is 0 Å². The van der Waals surface area contributed by atoms with E-state index < -0.39 is 17.9 Å². The molecule has 0 bridgehead atoms. The first-order valence-electron chi connectivity index (χ1n) is 7.09. The molecule has 7 heteroatoms. The number of hydrogen-bond donors (Lipinski definition) is 1. The number of halogens is 3. The Balaban J connectivity index is 2.66. The molecule has 0 aliphatic carbocycles. The molecule has 1 atom stereocenters. The monoisotopic (exact) mass is 326 g/mol. The number of hydrazine groups is 1. The standard InChI is InChI=1S/C16H17F3N2O2/c1-11(2)7-6-10-15(16(17,18)19)12-8-4-5-9-13(12)21(20-3)14(22)23-15/h4-5,8-9,11,20H,7H2,1-3H3. The van der Waals surface area contributed by atoms with Crippen LogP contribution in [0.25, 0.3) is 0 Å². The molecule has 1 aliphatic rings. The fourth-order valence-corrected chi connectivity index (χ4v) is 2.26. The van der Waals surface area contributed by atoms with Gasteiger partial charge in [-0.3, -0.25) is 0 Å². The number of anilines is 1. The van der Waals surface area contributed by atoms with Crippen molar-refractivity contribution in [3.8, 4) is 11.8 Å². The minimum Gasteiger partial charge on any atom is -0.414 e. The van der Waals surface area contributed by atoms with Gasteiger partial charge in [-0.1, -0.05) is 38.0 Å². The summed E-state index contributed by atoms with van der Waals surface area (Å²) in [5.74, 6) is 4.78. The van der Waals surface area contributed by atoms with Crippen molar-refractivity contribution in [2.24, 2.45) is 5.92 Å². The van der Waals surface area contributed by atoms with E-state index in [1.807, 2.05) is 13.8 Å². The highest BCUT2D eigenvalue weighted by Gasteiger charge is 2.62. The number of cyclic esters (lactones) is 1. The van der Waals surface area contributed by atoms with Crippen LogP contribution >= 0.6 is 0 Å². The van der Waals surface area contributed by atoms with Crippen molar-refractivity contribution in [1.82, 2.24) is 5.43 Å². The van der Waals surface area contributed by atoms with Gasteiger partial charge in [-0.2, -0.15) is 13.2 Å². The molecular formula is C16H17F3N2O2. The first kappa shape index (κ1) is 17.2. The Bertz CT molecular complexity index is 661. The lowest BCUT2D eigenvalue weighted by Gasteiger charge is -2.39. The van der Waals surface area contributed by atoms with E-state index in [-0.39, 0.29) is 23.6 Å². The Morgan fingerprint density at radius 3 is 2.57 bits per heavy atom. The number of carbonyl (C=O) groups excluding carboxylic acids is 1. The van der Waals surface area contributed by atoms with Crippen molar-refractivity contribution < 1.29 is 22.7 Å². The van der Waals surface area contributed by atoms with Crippen LogP contribution in [0.5, 0.6) is 0 Å². The molecule has 2 rings (SSSR count). The van der Waals surface area contributed by atoms with Crippen LogP contribution in [0.1, 0.15) is 25.8 Å². The second kappa shape index (κ2) is 6.13. The number of ether oxygens (including phenoxy) is 1. The van der Waals surface area contributed by atoms with Gasteiger partial charge in [-0.15, -0.1) is 0 Å². The van der Waals surface area contributed by atoms with Gasteiger partial charge in [0.2, 0.25) is 0 Å². The van der Waals surface area contributed by atoms with E-state index in [4.69, 9.17) is 4.74 Å². The summed E-state index contributed by atoms with van der Waals surface area (Å²) in [5, 5.41) is 0.920. The molecule has 1 N–H and O–H groups in total. The lowest BCUT2D eigenvalue weighted by atomic mass is 9.90. The average Bonchev–Trinajstić information content (AvgIpc) is 2.45. The predicted molar refractivity (Wildman–Crippen MR) is 79.4 cm³/mol. The summed E-state index contributed by atoms with van der Waals surface area (Å²) in [6, 6.07) is 5.68. The van der Waals surface area contributed by atoms with Crippen LogP contribution in [0.4, 0.5) is 23.7 Å². The number of fused-ring (bicyclic) bond motifs is 1. The zero-order valence-corrected chi connectivity index (χ0v) is 13.0. The topological polar surface area (TPSA) is 41.6 Å². The van der Waals surface area contributed by atoms with Crippen molar-refractivity contribution in [2.75, 3.05) is 12.1 Å². The van der Waals surface area contributed by atoms with Crippen molar-refractivity contribution >= 4 is 11.8 Å². The number of nitrogens with one attached hydrogen (secondary N) is 1. The SMILES string of the molecule is CNN1C(=O)OC(C#CCC(C)C)(C(F)(F)F)c2ccccc21. The molecule has 0 aromatic heterocycles. The first-order valence-corrected chi connectivity index (χ1v) is 7.09. The molecule has 1 aliphatic heterocycles. The molecule has 0 saturated carbocycles. The summed E-state index contributed by atoms with van der Waals surface area (Å²) < 4.78 is 46.1. The molecule has 124 valence electrons. The van der Waals surface area contributed by atoms with E-state index in [2.05, 4.69) is 17.3 Å². The summed E-state index contributed by atoms with van der Waals surface area (Å²) in [4.78, 5) is 12.0. The van der Waals surface area contributed by atoms with Gasteiger partial charge in [0.15, 0.2) is 0 Å². The molecule has 1 aromatic rings. The predicted octanol–water partition coefficient (Wildman–Crippen LogP) is 3.58. The van der Waals surface area contributed by atoms with Crippen molar-refractivity contribution in [3.63, 3.8) is 0 Å². The molecule has 4 nitrogen and oxygen atoms in total. The van der Waals surface area contributed by atoms with Crippen molar-refractivity contribution in [2.45, 2.75) is 32.0 Å². The van der Waals surface area contributed by atoms with E-state index in [0.29, 0.717) is 0 Å². The molecule has 1 heterocycles. The Kier molecular flexibility index (Phi) is 4.57. The van der Waals surface area contributed by atoms with Crippen molar-refractivity contribution in [3.05, 3.63) is 29.8 Å². The molecule has 23 heavy (non-hydrogen) atoms. The molecule has 0 spiro atoms. The zero-order chi connectivity index (χ0) is 17.3. The van der Waals surface area contributed by atoms with Gasteiger partial charge in [-0.05, 0) is 17.9 Å². The van der Waals surface area contributed by atoms with E-state index in [1.165, 1.54) is 25.2 Å². The van der Waals surface area contributed by atoms with Gasteiger partial charge in [0.1, 0.15) is 0 Å². The number of nitrogens with zero attached hydrogens (tertiary/aromatic N) is 1. The van der Waals surface area contributed by atoms with E-state index in [1.54, 1.807) is 6.07 Å². The fourth-order valence-electron chi connectivity index (χ4n) is 2.26. The number of carbonyl (C=O) groups is 1. The molecular weight excluding hydrogens is 309 g/mol. The molecule has 0 radical (unpaired) electrons. The Morgan fingerprint density at radius 1 is 1.35 bits per heavy atom. The lowest BCUT2D eigenvalue weighted by molar-refractivity contribution is -0.240. The van der Waals surface area contributed by atoms with Crippen LogP contribution < -0.4 is 10.4 Å². The number of para-hydroxylation sites is 1. The van der Waals surface area contributed by atoms with Crippen LogP contribution in [0.15, 0.2) is 24.3 Å². The van der Waals surface area contributed by atoms with Gasteiger partial charge < -0.3 is 4.74 Å². The van der Waals surface area contributed by atoms with Crippen LogP contribution in [-0.4, -0.2) is 19.3 Å². The zero-order valence-electron chi connectivity index (χ0n) is 13.0. The largest absolute Gasteiger partial charge is 0.445 e. The molecule has 1 amide bonds.